The zero-order valence-electron chi connectivity index (χ0n) is 10.9. The van der Waals surface area contributed by atoms with E-state index in [9.17, 15) is 0 Å². The highest BCUT2D eigenvalue weighted by Gasteiger charge is 2.18. The van der Waals surface area contributed by atoms with Gasteiger partial charge in [0.15, 0.2) is 0 Å². The summed E-state index contributed by atoms with van der Waals surface area (Å²) in [5.74, 6) is 0.900. The Labute approximate surface area is 120 Å². The fourth-order valence-electron chi connectivity index (χ4n) is 2.68. The molecule has 1 aliphatic rings. The Bertz CT molecular complexity index is 729. The smallest absolute Gasteiger partial charge is 0.145 e. The van der Waals surface area contributed by atoms with Crippen molar-refractivity contribution in [3.8, 4) is 11.1 Å². The first-order valence-electron chi connectivity index (χ1n) is 6.79. The number of pyridine rings is 1. The molecule has 1 atom stereocenters. The van der Waals surface area contributed by atoms with E-state index in [0.717, 1.165) is 29.9 Å². The monoisotopic (exact) mass is 282 g/mol. The second-order valence-electron chi connectivity index (χ2n) is 5.00. The molecule has 0 spiro atoms. The maximum absolute atomic E-state index is 4.53. The summed E-state index contributed by atoms with van der Waals surface area (Å²) in [6.07, 6.45) is 9.95. The molecular formula is C15H14N4S. The molecule has 0 aromatic carbocycles. The largest absolute Gasteiger partial charge is 0.307 e. The summed E-state index contributed by atoms with van der Waals surface area (Å²) in [7, 11) is 0. The van der Waals surface area contributed by atoms with E-state index in [1.807, 2.05) is 24.8 Å². The average Bonchev–Trinajstić information content (AvgIpc) is 3.18. The molecule has 5 heteroatoms. The lowest BCUT2D eigenvalue weighted by molar-refractivity contribution is 0.605. The van der Waals surface area contributed by atoms with Crippen LogP contribution in [-0.2, 0) is 0 Å². The first-order chi connectivity index (χ1) is 9.92. The van der Waals surface area contributed by atoms with Crippen molar-refractivity contribution in [2.75, 3.05) is 6.54 Å². The van der Waals surface area contributed by atoms with Gasteiger partial charge in [-0.3, -0.25) is 4.98 Å². The van der Waals surface area contributed by atoms with Crippen LogP contribution in [0.25, 0.3) is 21.2 Å². The van der Waals surface area contributed by atoms with E-state index in [2.05, 4.69) is 31.7 Å². The van der Waals surface area contributed by atoms with Crippen LogP contribution in [-0.4, -0.2) is 21.5 Å². The molecule has 0 radical (unpaired) electrons. The zero-order chi connectivity index (χ0) is 13.4. The second-order valence-corrected chi connectivity index (χ2v) is 5.95. The van der Waals surface area contributed by atoms with Gasteiger partial charge >= 0.3 is 0 Å². The van der Waals surface area contributed by atoms with Crippen molar-refractivity contribution < 1.29 is 0 Å². The van der Waals surface area contributed by atoms with Gasteiger partial charge < -0.3 is 5.32 Å². The molecule has 100 valence electrons. The minimum absolute atomic E-state index is 0.319. The first-order valence-corrected chi connectivity index (χ1v) is 7.67. The van der Waals surface area contributed by atoms with Crippen LogP contribution in [0.5, 0.6) is 0 Å². The predicted molar refractivity (Wildman–Crippen MR) is 80.6 cm³/mol. The molecule has 1 aliphatic heterocycles. The third-order valence-corrected chi connectivity index (χ3v) is 4.59. The van der Waals surface area contributed by atoms with E-state index >= 15 is 0 Å². The van der Waals surface area contributed by atoms with Gasteiger partial charge in [-0.25, -0.2) is 9.97 Å². The second kappa shape index (κ2) is 4.92. The molecule has 4 heterocycles. The van der Waals surface area contributed by atoms with Gasteiger partial charge in [-0.2, -0.15) is 0 Å². The molecule has 0 bridgehead atoms. The van der Waals surface area contributed by atoms with E-state index in [1.54, 1.807) is 11.3 Å². The Morgan fingerprint density at radius 1 is 1.15 bits per heavy atom. The lowest BCUT2D eigenvalue weighted by Gasteiger charge is -2.09. The molecule has 0 amide bonds. The van der Waals surface area contributed by atoms with Crippen molar-refractivity contribution in [1.82, 2.24) is 20.3 Å². The number of nitrogens with one attached hydrogen (secondary N) is 1. The number of thiophene rings is 1. The number of nitrogens with zero attached hydrogens (tertiary/aromatic N) is 3. The third kappa shape index (κ3) is 1.99. The maximum Gasteiger partial charge on any atom is 0.145 e. The summed E-state index contributed by atoms with van der Waals surface area (Å²) in [5.41, 5.74) is 2.14. The molecule has 0 aliphatic carbocycles. The Hall–Kier alpha value is -1.85. The van der Waals surface area contributed by atoms with Crippen molar-refractivity contribution in [2.24, 2.45) is 0 Å². The van der Waals surface area contributed by atoms with Gasteiger partial charge in [0.1, 0.15) is 5.82 Å². The number of fused-ring (bicyclic) bond motifs is 1. The fraction of sp³-hybridized carbons (Fsp3) is 0.267. The summed E-state index contributed by atoms with van der Waals surface area (Å²) in [5, 5.41) is 6.74. The molecule has 4 nitrogen and oxygen atoms in total. The van der Waals surface area contributed by atoms with Gasteiger partial charge in [-0.05, 0) is 30.8 Å². The number of hydrogen-bond acceptors (Lipinski definition) is 5. The van der Waals surface area contributed by atoms with Gasteiger partial charge in [0.2, 0.25) is 0 Å². The lowest BCUT2D eigenvalue weighted by Crippen LogP contribution is -2.15. The van der Waals surface area contributed by atoms with Crippen molar-refractivity contribution in [3.05, 3.63) is 42.1 Å². The number of rotatable bonds is 2. The van der Waals surface area contributed by atoms with Crippen LogP contribution in [0.15, 0.2) is 36.2 Å². The van der Waals surface area contributed by atoms with E-state index in [-0.39, 0.29) is 0 Å². The van der Waals surface area contributed by atoms with Crippen LogP contribution in [0.1, 0.15) is 24.7 Å². The Morgan fingerprint density at radius 2 is 2.05 bits per heavy atom. The van der Waals surface area contributed by atoms with Crippen molar-refractivity contribution >= 4 is 21.4 Å². The van der Waals surface area contributed by atoms with Gasteiger partial charge in [0.05, 0.1) is 10.7 Å². The molecule has 1 saturated heterocycles. The minimum atomic E-state index is 0.319. The van der Waals surface area contributed by atoms with Crippen molar-refractivity contribution in [2.45, 2.75) is 18.9 Å². The van der Waals surface area contributed by atoms with Crippen LogP contribution in [0.3, 0.4) is 0 Å². The molecule has 1 unspecified atom stereocenters. The van der Waals surface area contributed by atoms with Crippen LogP contribution in [0.2, 0.25) is 0 Å². The third-order valence-electron chi connectivity index (χ3n) is 3.74. The highest BCUT2D eigenvalue weighted by molar-refractivity contribution is 7.17. The maximum atomic E-state index is 4.53. The standard InChI is InChI=1S/C15H14N4S/c1-2-13(17-4-1)15-18-6-10(7-19-15)12-8-16-9-14-11(12)3-5-20-14/h3,5-9,13,17H,1-2,4H2. The summed E-state index contributed by atoms with van der Waals surface area (Å²) in [6, 6.07) is 2.45. The van der Waals surface area contributed by atoms with E-state index in [4.69, 9.17) is 0 Å². The fourth-order valence-corrected chi connectivity index (χ4v) is 3.46. The highest BCUT2D eigenvalue weighted by Crippen LogP contribution is 2.30. The zero-order valence-corrected chi connectivity index (χ0v) is 11.7. The van der Waals surface area contributed by atoms with Gasteiger partial charge in [0, 0.05) is 41.3 Å². The molecule has 0 saturated carbocycles. The van der Waals surface area contributed by atoms with E-state index in [1.165, 1.54) is 16.5 Å². The molecule has 20 heavy (non-hydrogen) atoms. The van der Waals surface area contributed by atoms with E-state index < -0.39 is 0 Å². The molecular weight excluding hydrogens is 268 g/mol. The van der Waals surface area contributed by atoms with Crippen LogP contribution in [0.4, 0.5) is 0 Å². The van der Waals surface area contributed by atoms with Crippen molar-refractivity contribution in [3.63, 3.8) is 0 Å². The summed E-state index contributed by atoms with van der Waals surface area (Å²) in [4.78, 5) is 13.4. The van der Waals surface area contributed by atoms with Crippen LogP contribution < -0.4 is 5.32 Å². The molecule has 3 aromatic rings. The van der Waals surface area contributed by atoms with Crippen molar-refractivity contribution in [1.29, 1.82) is 0 Å². The van der Waals surface area contributed by atoms with Gasteiger partial charge in [-0.1, -0.05) is 0 Å². The summed E-state index contributed by atoms with van der Waals surface area (Å²) >= 11 is 1.71. The average molecular weight is 282 g/mol. The first kappa shape index (κ1) is 11.9. The molecule has 1 N–H and O–H groups in total. The van der Waals surface area contributed by atoms with Crippen LogP contribution >= 0.6 is 11.3 Å². The highest BCUT2D eigenvalue weighted by atomic mass is 32.1. The predicted octanol–water partition coefficient (Wildman–Crippen LogP) is 3.18. The minimum Gasteiger partial charge on any atom is -0.307 e. The number of hydrogen-bond donors (Lipinski definition) is 1. The molecule has 4 rings (SSSR count). The molecule has 3 aromatic heterocycles. The Morgan fingerprint density at radius 3 is 2.85 bits per heavy atom. The van der Waals surface area contributed by atoms with Gasteiger partial charge in [0.25, 0.3) is 0 Å². The Kier molecular flexibility index (Phi) is 2.94. The Balaban J connectivity index is 1.73. The normalized spacial score (nSPS) is 18.7. The topological polar surface area (TPSA) is 50.7 Å². The SMILES string of the molecule is c1cc2c(-c3cnc(C4CCCN4)nc3)cncc2s1. The van der Waals surface area contributed by atoms with Crippen LogP contribution in [0, 0.1) is 0 Å². The summed E-state index contributed by atoms with van der Waals surface area (Å²) < 4.78 is 1.20. The van der Waals surface area contributed by atoms with E-state index in [0.29, 0.717) is 6.04 Å². The lowest BCUT2D eigenvalue weighted by atomic mass is 10.1. The number of aromatic nitrogens is 3. The quantitative estimate of drug-likeness (QED) is 0.784. The summed E-state index contributed by atoms with van der Waals surface area (Å²) in [6.45, 7) is 1.06. The molecule has 1 fully saturated rings. The van der Waals surface area contributed by atoms with Gasteiger partial charge in [-0.15, -0.1) is 11.3 Å².